The van der Waals surface area contributed by atoms with Crippen molar-refractivity contribution in [3.8, 4) is 5.75 Å². The van der Waals surface area contributed by atoms with Crippen LogP contribution in [-0.4, -0.2) is 14.2 Å². The van der Waals surface area contributed by atoms with Gasteiger partial charge in [-0.3, -0.25) is 0 Å². The van der Waals surface area contributed by atoms with Gasteiger partial charge in [0.15, 0.2) is 0 Å². The number of methoxy groups -OCH3 is 1. The maximum Gasteiger partial charge on any atom is 0.124 e. The Morgan fingerprint density at radius 2 is 2.00 bits per heavy atom. The van der Waals surface area contributed by atoms with Crippen LogP contribution in [0.5, 0.6) is 5.75 Å². The fraction of sp³-hybridized carbons (Fsp3) is 0.250. The molecule has 0 saturated heterocycles. The van der Waals surface area contributed by atoms with E-state index >= 15 is 0 Å². The van der Waals surface area contributed by atoms with Crippen molar-refractivity contribution in [1.82, 2.24) is 5.32 Å². The number of hydrogen-bond acceptors (Lipinski definition) is 2. The van der Waals surface area contributed by atoms with Crippen LogP contribution in [0.2, 0.25) is 5.02 Å². The molecule has 1 N–H and O–H groups in total. The first kappa shape index (κ1) is 17.1. The zero-order valence-electron chi connectivity index (χ0n) is 12.0. The number of halogens is 3. The summed E-state index contributed by atoms with van der Waals surface area (Å²) < 4.78 is 7.66. The molecule has 0 saturated carbocycles. The van der Waals surface area contributed by atoms with Gasteiger partial charge in [-0.1, -0.05) is 33.6 Å². The predicted octanol–water partition coefficient (Wildman–Crippen LogP) is 5.33. The van der Waals surface area contributed by atoms with Crippen LogP contribution in [0.4, 0.5) is 0 Å². The van der Waals surface area contributed by atoms with Crippen molar-refractivity contribution in [1.29, 1.82) is 0 Å². The van der Waals surface area contributed by atoms with E-state index in [0.29, 0.717) is 0 Å². The topological polar surface area (TPSA) is 21.3 Å². The fourth-order valence-corrected chi connectivity index (χ4v) is 3.15. The van der Waals surface area contributed by atoms with Crippen LogP contribution >= 0.6 is 50.1 Å². The highest BCUT2D eigenvalue weighted by Gasteiger charge is 2.19. The minimum atomic E-state index is 0.0198. The number of hydrogen-bond donors (Lipinski definition) is 1. The molecule has 1 unspecified atom stereocenters. The van der Waals surface area contributed by atoms with Gasteiger partial charge in [0, 0.05) is 13.6 Å². The number of aryl methyl sites for hydroxylation is 1. The van der Waals surface area contributed by atoms with E-state index in [1.54, 1.807) is 7.11 Å². The molecule has 2 aromatic rings. The summed E-state index contributed by atoms with van der Waals surface area (Å²) in [4.78, 5) is 0. The summed E-state index contributed by atoms with van der Waals surface area (Å²) in [6, 6.07) is 10.3. The SMILES string of the molecule is CNC(c1ccc(I)c(Cl)c1)c1cc(Br)c(C)cc1OC. The standard InChI is InChI=1S/C16H16BrClINO/c1-9-6-15(21-3)11(8-12(9)17)16(20-2)10-4-5-14(19)13(18)7-10/h4-8,16,20H,1-3H3. The predicted molar refractivity (Wildman–Crippen MR) is 101 cm³/mol. The van der Waals surface area contributed by atoms with Gasteiger partial charge >= 0.3 is 0 Å². The van der Waals surface area contributed by atoms with E-state index in [1.165, 1.54) is 0 Å². The number of ether oxygens (including phenoxy) is 1. The molecular formula is C16H16BrClINO. The van der Waals surface area contributed by atoms with E-state index < -0.39 is 0 Å². The first-order chi connectivity index (χ1) is 9.97. The molecule has 112 valence electrons. The summed E-state index contributed by atoms with van der Waals surface area (Å²) in [6.07, 6.45) is 0. The molecule has 1 atom stereocenters. The van der Waals surface area contributed by atoms with Crippen LogP contribution in [0.25, 0.3) is 0 Å². The molecule has 0 bridgehead atoms. The molecule has 0 aromatic heterocycles. The Morgan fingerprint density at radius 1 is 1.29 bits per heavy atom. The molecule has 0 fully saturated rings. The lowest BCUT2D eigenvalue weighted by Gasteiger charge is -2.21. The third-order valence-corrected chi connectivity index (χ3v) is 5.81. The Kier molecular flexibility index (Phi) is 5.94. The molecule has 0 aliphatic carbocycles. The lowest BCUT2D eigenvalue weighted by molar-refractivity contribution is 0.405. The van der Waals surface area contributed by atoms with E-state index in [-0.39, 0.29) is 6.04 Å². The zero-order valence-corrected chi connectivity index (χ0v) is 16.5. The lowest BCUT2D eigenvalue weighted by Crippen LogP contribution is -2.18. The van der Waals surface area contributed by atoms with Crippen LogP contribution in [0.15, 0.2) is 34.8 Å². The average molecular weight is 481 g/mol. The second kappa shape index (κ2) is 7.31. The van der Waals surface area contributed by atoms with Crippen LogP contribution in [-0.2, 0) is 0 Å². The summed E-state index contributed by atoms with van der Waals surface area (Å²) in [7, 11) is 3.63. The normalized spacial score (nSPS) is 12.3. The van der Waals surface area contributed by atoms with Crippen molar-refractivity contribution in [3.63, 3.8) is 0 Å². The highest BCUT2D eigenvalue weighted by atomic mass is 127. The van der Waals surface area contributed by atoms with Gasteiger partial charge < -0.3 is 10.1 Å². The van der Waals surface area contributed by atoms with Gasteiger partial charge in [-0.2, -0.15) is 0 Å². The quantitative estimate of drug-likeness (QED) is 0.597. The summed E-state index contributed by atoms with van der Waals surface area (Å²) in [5.74, 6) is 0.865. The number of nitrogens with one attached hydrogen (secondary N) is 1. The number of rotatable bonds is 4. The van der Waals surface area contributed by atoms with Gasteiger partial charge in [0.25, 0.3) is 0 Å². The Labute approximate surface area is 152 Å². The third-order valence-electron chi connectivity index (χ3n) is 3.39. The van der Waals surface area contributed by atoms with Crippen LogP contribution in [0.3, 0.4) is 0 Å². The summed E-state index contributed by atoms with van der Waals surface area (Å²) >= 11 is 12.1. The van der Waals surface area contributed by atoms with E-state index in [9.17, 15) is 0 Å². The van der Waals surface area contributed by atoms with Crippen LogP contribution < -0.4 is 10.1 Å². The van der Waals surface area contributed by atoms with E-state index in [1.807, 2.05) is 32.2 Å². The Bertz CT molecular complexity index is 663. The largest absolute Gasteiger partial charge is 0.496 e. The van der Waals surface area contributed by atoms with Crippen LogP contribution in [0, 0.1) is 10.5 Å². The molecule has 0 aliphatic heterocycles. The zero-order chi connectivity index (χ0) is 15.6. The molecule has 5 heteroatoms. The van der Waals surface area contributed by atoms with Gasteiger partial charge in [0.2, 0.25) is 0 Å². The number of benzene rings is 2. The van der Waals surface area contributed by atoms with Crippen molar-refractivity contribution in [2.75, 3.05) is 14.2 Å². The summed E-state index contributed by atoms with van der Waals surface area (Å²) in [5.41, 5.74) is 3.33. The second-order valence-corrected chi connectivity index (χ2v) is 7.16. The Morgan fingerprint density at radius 3 is 2.57 bits per heavy atom. The van der Waals surface area contributed by atoms with Gasteiger partial charge in [-0.15, -0.1) is 0 Å². The Hall–Kier alpha value is -0.300. The summed E-state index contributed by atoms with van der Waals surface area (Å²) in [5, 5.41) is 4.10. The van der Waals surface area contributed by atoms with Crippen LogP contribution in [0.1, 0.15) is 22.7 Å². The Balaban J connectivity index is 2.55. The molecule has 0 radical (unpaired) electrons. The highest BCUT2D eigenvalue weighted by Crippen LogP contribution is 2.35. The van der Waals surface area contributed by atoms with E-state index in [2.05, 4.69) is 56.0 Å². The molecule has 0 aliphatic rings. The maximum absolute atomic E-state index is 6.26. The van der Waals surface area contributed by atoms with Gasteiger partial charge in [0.05, 0.1) is 18.2 Å². The minimum Gasteiger partial charge on any atom is -0.496 e. The van der Waals surface area contributed by atoms with Crippen molar-refractivity contribution in [2.24, 2.45) is 0 Å². The van der Waals surface area contributed by atoms with Crippen molar-refractivity contribution >= 4 is 50.1 Å². The molecule has 0 spiro atoms. The van der Waals surface area contributed by atoms with Gasteiger partial charge in [-0.25, -0.2) is 0 Å². The van der Waals surface area contributed by atoms with Gasteiger partial charge in [-0.05, 0) is 72.0 Å². The molecule has 0 amide bonds. The molecule has 2 nitrogen and oxygen atoms in total. The van der Waals surface area contributed by atoms with E-state index in [0.717, 1.165) is 35.5 Å². The summed E-state index contributed by atoms with van der Waals surface area (Å²) in [6.45, 7) is 2.05. The third kappa shape index (κ3) is 3.73. The smallest absolute Gasteiger partial charge is 0.124 e. The highest BCUT2D eigenvalue weighted by molar-refractivity contribution is 14.1. The van der Waals surface area contributed by atoms with Crippen molar-refractivity contribution < 1.29 is 4.74 Å². The molecule has 2 rings (SSSR count). The lowest BCUT2D eigenvalue weighted by atomic mass is 9.97. The molecule has 2 aromatic carbocycles. The van der Waals surface area contributed by atoms with Gasteiger partial charge in [0.1, 0.15) is 5.75 Å². The average Bonchev–Trinajstić information content (AvgIpc) is 2.46. The molecule has 21 heavy (non-hydrogen) atoms. The molecule has 0 heterocycles. The van der Waals surface area contributed by atoms with Crippen molar-refractivity contribution in [3.05, 3.63) is 60.1 Å². The first-order valence-electron chi connectivity index (χ1n) is 6.44. The first-order valence-corrected chi connectivity index (χ1v) is 8.69. The minimum absolute atomic E-state index is 0.0198. The van der Waals surface area contributed by atoms with E-state index in [4.69, 9.17) is 16.3 Å². The second-order valence-electron chi connectivity index (χ2n) is 4.74. The maximum atomic E-state index is 6.26. The van der Waals surface area contributed by atoms with Crippen molar-refractivity contribution in [2.45, 2.75) is 13.0 Å². The fourth-order valence-electron chi connectivity index (χ4n) is 2.27. The molecular weight excluding hydrogens is 464 g/mol. The monoisotopic (exact) mass is 479 g/mol.